The average Bonchev–Trinajstić information content (AvgIpc) is 2.48. The normalized spacial score (nSPS) is 12.9. The quantitative estimate of drug-likeness (QED) is 0.615. The van der Waals surface area contributed by atoms with E-state index in [4.69, 9.17) is 0 Å². The van der Waals surface area contributed by atoms with Crippen LogP contribution in [0.3, 0.4) is 0 Å². The Morgan fingerprint density at radius 2 is 2.42 bits per heavy atom. The van der Waals surface area contributed by atoms with Crippen LogP contribution in [0.2, 0.25) is 0 Å². The molecule has 0 saturated heterocycles. The fraction of sp³-hybridized carbons (Fsp3) is 0.444. The minimum Gasteiger partial charge on any atom is -0.293 e. The van der Waals surface area contributed by atoms with Crippen molar-refractivity contribution in [2.24, 2.45) is 5.92 Å². The molecule has 0 fully saturated rings. The molecular weight excluding hydrogens is 283 g/mol. The minimum atomic E-state index is 0.164. The first-order chi connectivity index (χ1) is 5.66. The number of carbonyl (C=O) groups is 1. The molecule has 0 aliphatic heterocycles. The van der Waals surface area contributed by atoms with E-state index in [1.807, 2.05) is 25.3 Å². The van der Waals surface area contributed by atoms with Gasteiger partial charge in [0.05, 0.1) is 4.88 Å². The summed E-state index contributed by atoms with van der Waals surface area (Å²) in [5, 5.41) is 1.97. The molecule has 0 bridgehead atoms. The van der Waals surface area contributed by atoms with E-state index >= 15 is 0 Å². The van der Waals surface area contributed by atoms with E-state index in [-0.39, 0.29) is 11.7 Å². The van der Waals surface area contributed by atoms with Gasteiger partial charge >= 0.3 is 0 Å². The second kappa shape index (κ2) is 4.37. The Hall–Kier alpha value is 0.100. The zero-order chi connectivity index (χ0) is 9.14. The van der Waals surface area contributed by atoms with Gasteiger partial charge in [-0.05, 0) is 40.5 Å². The fourth-order valence-electron chi connectivity index (χ4n) is 0.879. The number of rotatable bonds is 3. The Bertz CT molecular complexity index is 280. The molecule has 1 aromatic heterocycles. The molecule has 0 radical (unpaired) electrons. The van der Waals surface area contributed by atoms with E-state index in [1.54, 1.807) is 11.3 Å². The summed E-state index contributed by atoms with van der Waals surface area (Å²) < 4.78 is 1.09. The van der Waals surface area contributed by atoms with Crippen molar-refractivity contribution >= 4 is 39.7 Å². The molecule has 0 aliphatic carbocycles. The van der Waals surface area contributed by atoms with Crippen LogP contribution in [-0.4, -0.2) is 5.78 Å². The third-order valence-electron chi connectivity index (χ3n) is 1.90. The summed E-state index contributed by atoms with van der Waals surface area (Å²) in [5.74, 6) is 0.453. The molecule has 0 saturated carbocycles. The molecule has 1 nitrogen and oxygen atoms in total. The molecule has 1 atom stereocenters. The predicted molar refractivity (Wildman–Crippen MR) is 60.8 cm³/mol. The predicted octanol–water partition coefficient (Wildman–Crippen LogP) is 3.58. The lowest BCUT2D eigenvalue weighted by Gasteiger charge is -2.04. The van der Waals surface area contributed by atoms with Crippen LogP contribution in [0.4, 0.5) is 0 Å². The number of ketones is 1. The van der Waals surface area contributed by atoms with Crippen LogP contribution >= 0.6 is 33.9 Å². The summed E-state index contributed by atoms with van der Waals surface area (Å²) in [4.78, 5) is 12.6. The summed E-state index contributed by atoms with van der Waals surface area (Å²) in [6, 6.07) is 1.99. The molecule has 66 valence electrons. The number of carbonyl (C=O) groups excluding carboxylic acids is 1. The van der Waals surface area contributed by atoms with Crippen molar-refractivity contribution in [2.75, 3.05) is 0 Å². The van der Waals surface area contributed by atoms with Gasteiger partial charge in [-0.15, -0.1) is 11.3 Å². The van der Waals surface area contributed by atoms with Crippen LogP contribution in [-0.2, 0) is 0 Å². The zero-order valence-electron chi connectivity index (χ0n) is 7.13. The molecule has 0 aliphatic rings. The molecule has 1 heterocycles. The summed E-state index contributed by atoms with van der Waals surface area (Å²) in [7, 11) is 0. The summed E-state index contributed by atoms with van der Waals surface area (Å²) in [5.41, 5.74) is 0. The van der Waals surface area contributed by atoms with Gasteiger partial charge in [-0.1, -0.05) is 13.8 Å². The maximum atomic E-state index is 11.7. The standard InChI is InChI=1S/C9H11IOS/c1-3-6(2)8(11)9-7(10)4-5-12-9/h4-6H,3H2,1-2H3. The topological polar surface area (TPSA) is 17.1 Å². The van der Waals surface area contributed by atoms with Gasteiger partial charge < -0.3 is 0 Å². The molecular formula is C9H11IOS. The summed E-state index contributed by atoms with van der Waals surface area (Å²) in [6.07, 6.45) is 0.923. The van der Waals surface area contributed by atoms with Gasteiger partial charge in [-0.2, -0.15) is 0 Å². The lowest BCUT2D eigenvalue weighted by Crippen LogP contribution is -2.09. The van der Waals surface area contributed by atoms with Crippen LogP contribution in [0.1, 0.15) is 29.9 Å². The van der Waals surface area contributed by atoms with Gasteiger partial charge in [0, 0.05) is 9.49 Å². The number of thiophene rings is 1. The third-order valence-corrected chi connectivity index (χ3v) is 4.09. The monoisotopic (exact) mass is 294 g/mol. The molecule has 3 heteroatoms. The smallest absolute Gasteiger partial charge is 0.176 e. The Kier molecular flexibility index (Phi) is 3.71. The maximum absolute atomic E-state index is 11.7. The highest BCUT2D eigenvalue weighted by Crippen LogP contribution is 2.23. The highest BCUT2D eigenvalue weighted by molar-refractivity contribution is 14.1. The van der Waals surface area contributed by atoms with Crippen molar-refractivity contribution in [3.05, 3.63) is 19.9 Å². The Morgan fingerprint density at radius 3 is 2.83 bits per heavy atom. The van der Waals surface area contributed by atoms with Crippen molar-refractivity contribution in [3.8, 4) is 0 Å². The number of hydrogen-bond acceptors (Lipinski definition) is 2. The highest BCUT2D eigenvalue weighted by atomic mass is 127. The van der Waals surface area contributed by atoms with Gasteiger partial charge in [-0.25, -0.2) is 0 Å². The second-order valence-corrected chi connectivity index (χ2v) is 4.85. The number of hydrogen-bond donors (Lipinski definition) is 0. The molecule has 0 amide bonds. The molecule has 0 aromatic carbocycles. The molecule has 0 spiro atoms. The molecule has 1 aromatic rings. The van der Waals surface area contributed by atoms with E-state index in [2.05, 4.69) is 22.6 Å². The number of halogens is 1. The molecule has 1 unspecified atom stereocenters. The van der Waals surface area contributed by atoms with Gasteiger partial charge in [0.25, 0.3) is 0 Å². The Labute approximate surface area is 90.3 Å². The molecule has 1 rings (SSSR count). The largest absolute Gasteiger partial charge is 0.293 e. The van der Waals surface area contributed by atoms with E-state index < -0.39 is 0 Å². The number of Topliss-reactive ketones (excluding diaryl/α,β-unsaturated/α-hetero) is 1. The first kappa shape index (κ1) is 10.2. The van der Waals surface area contributed by atoms with Crippen molar-refractivity contribution in [1.29, 1.82) is 0 Å². The van der Waals surface area contributed by atoms with Gasteiger partial charge in [-0.3, -0.25) is 4.79 Å². The van der Waals surface area contributed by atoms with Gasteiger partial charge in [0.1, 0.15) is 0 Å². The molecule has 0 N–H and O–H groups in total. The summed E-state index contributed by atoms with van der Waals surface area (Å²) >= 11 is 3.75. The Balaban J connectivity index is 2.85. The van der Waals surface area contributed by atoms with E-state index in [9.17, 15) is 4.79 Å². The fourth-order valence-corrected chi connectivity index (χ4v) is 2.79. The lowest BCUT2D eigenvalue weighted by atomic mass is 10.0. The van der Waals surface area contributed by atoms with Crippen molar-refractivity contribution in [1.82, 2.24) is 0 Å². The SMILES string of the molecule is CCC(C)C(=O)c1sccc1I. The van der Waals surface area contributed by atoms with E-state index in [1.165, 1.54) is 0 Å². The van der Waals surface area contributed by atoms with Crippen molar-refractivity contribution in [2.45, 2.75) is 20.3 Å². The van der Waals surface area contributed by atoms with Gasteiger partial charge in [0.2, 0.25) is 0 Å². The Morgan fingerprint density at radius 1 is 1.75 bits per heavy atom. The third kappa shape index (κ3) is 2.07. The van der Waals surface area contributed by atoms with Crippen molar-refractivity contribution < 1.29 is 4.79 Å². The minimum absolute atomic E-state index is 0.164. The van der Waals surface area contributed by atoms with E-state index in [0.717, 1.165) is 14.9 Å². The first-order valence-electron chi connectivity index (χ1n) is 3.94. The lowest BCUT2D eigenvalue weighted by molar-refractivity contribution is 0.0930. The van der Waals surface area contributed by atoms with Crippen LogP contribution in [0, 0.1) is 9.49 Å². The summed E-state index contributed by atoms with van der Waals surface area (Å²) in [6.45, 7) is 4.03. The van der Waals surface area contributed by atoms with Crippen LogP contribution < -0.4 is 0 Å². The van der Waals surface area contributed by atoms with Crippen LogP contribution in [0.25, 0.3) is 0 Å². The molecule has 12 heavy (non-hydrogen) atoms. The highest BCUT2D eigenvalue weighted by Gasteiger charge is 2.16. The van der Waals surface area contributed by atoms with Crippen LogP contribution in [0.5, 0.6) is 0 Å². The second-order valence-electron chi connectivity index (χ2n) is 2.77. The first-order valence-corrected chi connectivity index (χ1v) is 5.89. The van der Waals surface area contributed by atoms with E-state index in [0.29, 0.717) is 0 Å². The maximum Gasteiger partial charge on any atom is 0.176 e. The van der Waals surface area contributed by atoms with Crippen molar-refractivity contribution in [3.63, 3.8) is 0 Å². The van der Waals surface area contributed by atoms with Gasteiger partial charge in [0.15, 0.2) is 5.78 Å². The average molecular weight is 294 g/mol. The zero-order valence-corrected chi connectivity index (χ0v) is 10.1. The van der Waals surface area contributed by atoms with Crippen LogP contribution in [0.15, 0.2) is 11.4 Å².